The molecule has 0 aliphatic carbocycles. The second kappa shape index (κ2) is 6.95. The van der Waals surface area contributed by atoms with Crippen LogP contribution >= 0.6 is 15.9 Å². The number of halogens is 1. The quantitative estimate of drug-likeness (QED) is 0.470. The highest BCUT2D eigenvalue weighted by atomic mass is 79.9. The summed E-state index contributed by atoms with van der Waals surface area (Å²) >= 11 is 3.09. The Morgan fingerprint density at radius 3 is 2.48 bits per heavy atom. The fourth-order valence-electron chi connectivity index (χ4n) is 2.57. The SMILES string of the molecule is CCc1cccc(-c2c(C)ccc(S(=O)(=O)O)c2C(=O)CBr)c1. The van der Waals surface area contributed by atoms with E-state index in [1.54, 1.807) is 6.07 Å². The minimum atomic E-state index is -4.49. The molecule has 1 N–H and O–H groups in total. The van der Waals surface area contributed by atoms with E-state index in [-0.39, 0.29) is 15.8 Å². The molecule has 23 heavy (non-hydrogen) atoms. The third-order valence-corrected chi connectivity index (χ3v) is 5.08. The molecule has 0 aliphatic heterocycles. The van der Waals surface area contributed by atoms with Crippen LogP contribution in [0.25, 0.3) is 11.1 Å². The number of rotatable bonds is 5. The van der Waals surface area contributed by atoms with Gasteiger partial charge in [0.2, 0.25) is 0 Å². The summed E-state index contributed by atoms with van der Waals surface area (Å²) in [5.74, 6) is -0.391. The smallest absolute Gasteiger partial charge is 0.293 e. The van der Waals surface area contributed by atoms with Crippen molar-refractivity contribution >= 4 is 31.8 Å². The van der Waals surface area contributed by atoms with E-state index in [1.165, 1.54) is 6.07 Å². The number of hydrogen-bond acceptors (Lipinski definition) is 3. The molecule has 6 heteroatoms. The molecule has 122 valence electrons. The molecule has 0 fully saturated rings. The predicted molar refractivity (Wildman–Crippen MR) is 93.9 cm³/mol. The summed E-state index contributed by atoms with van der Waals surface area (Å²) in [5, 5.41) is -0.0283. The zero-order chi connectivity index (χ0) is 17.2. The van der Waals surface area contributed by atoms with Gasteiger partial charge in [0.05, 0.1) is 5.33 Å². The fourth-order valence-corrected chi connectivity index (χ4v) is 3.56. The Morgan fingerprint density at radius 1 is 1.22 bits per heavy atom. The molecule has 0 bridgehead atoms. The van der Waals surface area contributed by atoms with Crippen molar-refractivity contribution in [3.63, 3.8) is 0 Å². The van der Waals surface area contributed by atoms with Crippen molar-refractivity contribution in [1.29, 1.82) is 0 Å². The molecule has 0 heterocycles. The van der Waals surface area contributed by atoms with Gasteiger partial charge in [0.1, 0.15) is 4.90 Å². The molecule has 0 saturated carbocycles. The summed E-state index contributed by atoms with van der Waals surface area (Å²) in [4.78, 5) is 12.0. The summed E-state index contributed by atoms with van der Waals surface area (Å²) in [6.45, 7) is 3.83. The third-order valence-electron chi connectivity index (χ3n) is 3.68. The van der Waals surface area contributed by atoms with Gasteiger partial charge in [0, 0.05) is 5.56 Å². The molecule has 2 rings (SSSR count). The molecule has 0 atom stereocenters. The van der Waals surface area contributed by atoms with Gasteiger partial charge in [-0.15, -0.1) is 0 Å². The van der Waals surface area contributed by atoms with Crippen LogP contribution in [0.3, 0.4) is 0 Å². The summed E-state index contributed by atoms with van der Waals surface area (Å²) < 4.78 is 32.8. The van der Waals surface area contributed by atoms with Gasteiger partial charge in [-0.2, -0.15) is 8.42 Å². The van der Waals surface area contributed by atoms with Crippen molar-refractivity contribution in [3.05, 3.63) is 53.1 Å². The van der Waals surface area contributed by atoms with Crippen LogP contribution in [-0.4, -0.2) is 24.1 Å². The maximum absolute atomic E-state index is 12.4. The minimum absolute atomic E-state index is 0.0256. The zero-order valence-corrected chi connectivity index (χ0v) is 15.2. The number of benzene rings is 2. The summed E-state index contributed by atoms with van der Waals surface area (Å²) in [5.41, 5.74) is 3.18. The number of ketones is 1. The van der Waals surface area contributed by atoms with Crippen LogP contribution in [0.15, 0.2) is 41.3 Å². The van der Waals surface area contributed by atoms with Crippen molar-refractivity contribution in [3.8, 4) is 11.1 Å². The number of carbonyl (C=O) groups excluding carboxylic acids is 1. The van der Waals surface area contributed by atoms with Crippen LogP contribution in [0, 0.1) is 6.92 Å². The lowest BCUT2D eigenvalue weighted by molar-refractivity contribution is 0.102. The maximum atomic E-state index is 12.4. The summed E-state index contributed by atoms with van der Waals surface area (Å²) in [7, 11) is -4.49. The van der Waals surface area contributed by atoms with Crippen LogP contribution in [0.4, 0.5) is 0 Å². The van der Waals surface area contributed by atoms with Crippen molar-refractivity contribution in [2.45, 2.75) is 25.2 Å². The monoisotopic (exact) mass is 396 g/mol. The Labute approximate surface area is 144 Å². The average molecular weight is 397 g/mol. The van der Waals surface area contributed by atoms with Crippen LogP contribution < -0.4 is 0 Å². The number of carbonyl (C=O) groups is 1. The van der Waals surface area contributed by atoms with Crippen LogP contribution in [-0.2, 0) is 16.5 Å². The van der Waals surface area contributed by atoms with E-state index in [9.17, 15) is 17.8 Å². The Bertz CT molecular complexity index is 857. The van der Waals surface area contributed by atoms with Gasteiger partial charge in [0.15, 0.2) is 5.78 Å². The summed E-state index contributed by atoms with van der Waals surface area (Å²) in [6, 6.07) is 10.5. The maximum Gasteiger partial charge on any atom is 0.295 e. The van der Waals surface area contributed by atoms with Crippen LogP contribution in [0.2, 0.25) is 0 Å². The van der Waals surface area contributed by atoms with Gasteiger partial charge in [0.25, 0.3) is 10.1 Å². The molecular formula is C17H17BrO4S. The van der Waals surface area contributed by atoms with E-state index in [0.29, 0.717) is 5.56 Å². The topological polar surface area (TPSA) is 71.4 Å². The fraction of sp³-hybridized carbons (Fsp3) is 0.235. The van der Waals surface area contributed by atoms with E-state index < -0.39 is 15.9 Å². The predicted octanol–water partition coefficient (Wildman–Crippen LogP) is 4.05. The number of hydrogen-bond donors (Lipinski definition) is 1. The molecular weight excluding hydrogens is 380 g/mol. The molecule has 0 aromatic heterocycles. The van der Waals surface area contributed by atoms with E-state index in [0.717, 1.165) is 23.1 Å². The van der Waals surface area contributed by atoms with E-state index in [4.69, 9.17) is 0 Å². The first-order chi connectivity index (χ1) is 10.8. The first-order valence-electron chi connectivity index (χ1n) is 7.09. The second-order valence-electron chi connectivity index (χ2n) is 5.22. The van der Waals surface area contributed by atoms with Gasteiger partial charge in [-0.1, -0.05) is 53.2 Å². The Morgan fingerprint density at radius 2 is 1.91 bits per heavy atom. The third kappa shape index (κ3) is 3.71. The lowest BCUT2D eigenvalue weighted by Crippen LogP contribution is -2.12. The average Bonchev–Trinajstić information content (AvgIpc) is 2.52. The molecule has 4 nitrogen and oxygen atoms in total. The lowest BCUT2D eigenvalue weighted by atomic mass is 9.92. The molecule has 0 amide bonds. The van der Waals surface area contributed by atoms with Gasteiger partial charge < -0.3 is 0 Å². The van der Waals surface area contributed by atoms with Crippen molar-refractivity contribution < 1.29 is 17.8 Å². The van der Waals surface area contributed by atoms with Gasteiger partial charge >= 0.3 is 0 Å². The highest BCUT2D eigenvalue weighted by Crippen LogP contribution is 2.33. The first-order valence-corrected chi connectivity index (χ1v) is 9.65. The van der Waals surface area contributed by atoms with Crippen molar-refractivity contribution in [2.24, 2.45) is 0 Å². The van der Waals surface area contributed by atoms with Crippen molar-refractivity contribution in [2.75, 3.05) is 5.33 Å². The van der Waals surface area contributed by atoms with Crippen LogP contribution in [0.1, 0.15) is 28.4 Å². The molecule has 0 radical (unpaired) electrons. The highest BCUT2D eigenvalue weighted by Gasteiger charge is 2.25. The number of Topliss-reactive ketones (excluding diaryl/α,β-unsaturated/α-hetero) is 1. The summed E-state index contributed by atoms with van der Waals surface area (Å²) in [6.07, 6.45) is 0.826. The minimum Gasteiger partial charge on any atom is -0.293 e. The van der Waals surface area contributed by atoms with Crippen LogP contribution in [0.5, 0.6) is 0 Å². The molecule has 0 saturated heterocycles. The lowest BCUT2D eigenvalue weighted by Gasteiger charge is -2.15. The number of aryl methyl sites for hydroxylation is 2. The first kappa shape index (κ1) is 17.8. The molecule has 2 aromatic rings. The van der Waals surface area contributed by atoms with Gasteiger partial charge in [-0.3, -0.25) is 9.35 Å². The normalized spacial score (nSPS) is 11.5. The van der Waals surface area contributed by atoms with E-state index >= 15 is 0 Å². The molecule has 2 aromatic carbocycles. The standard InChI is InChI=1S/C17H17BrO4S/c1-3-12-5-4-6-13(9-12)16-11(2)7-8-15(23(20,21)22)17(16)14(19)10-18/h4-9H,3,10H2,1-2H3,(H,20,21,22). The van der Waals surface area contributed by atoms with Crippen molar-refractivity contribution in [1.82, 2.24) is 0 Å². The second-order valence-corrected chi connectivity index (χ2v) is 7.17. The Hall–Kier alpha value is -1.50. The number of alkyl halides is 1. The largest absolute Gasteiger partial charge is 0.295 e. The highest BCUT2D eigenvalue weighted by molar-refractivity contribution is 9.09. The molecule has 0 unspecified atom stereocenters. The van der Waals surface area contributed by atoms with Gasteiger partial charge in [-0.25, -0.2) is 0 Å². The molecule has 0 spiro atoms. The molecule has 0 aliphatic rings. The Balaban J connectivity index is 2.88. The Kier molecular flexibility index (Phi) is 5.39. The zero-order valence-electron chi connectivity index (χ0n) is 12.8. The van der Waals surface area contributed by atoms with E-state index in [2.05, 4.69) is 15.9 Å². The van der Waals surface area contributed by atoms with Gasteiger partial charge in [-0.05, 0) is 41.7 Å². The van der Waals surface area contributed by atoms with E-state index in [1.807, 2.05) is 38.1 Å².